The van der Waals surface area contributed by atoms with Crippen LogP contribution in [-0.4, -0.2) is 11.2 Å². The summed E-state index contributed by atoms with van der Waals surface area (Å²) in [6, 6.07) is 4.36. The molecule has 0 fully saturated rings. The van der Waals surface area contributed by atoms with Crippen LogP contribution in [0.25, 0.3) is 0 Å². The molecule has 1 aromatic carbocycles. The number of hydrogen-bond donors (Lipinski definition) is 0. The summed E-state index contributed by atoms with van der Waals surface area (Å²) < 4.78 is 0. The minimum absolute atomic E-state index is 0.00695. The average Bonchev–Trinajstić information content (AvgIpc) is 2.27. The number of nitrogens with zero attached hydrogens (tertiary/aromatic N) is 1. The van der Waals surface area contributed by atoms with Gasteiger partial charge in [-0.2, -0.15) is 0 Å². The van der Waals surface area contributed by atoms with E-state index in [1.54, 1.807) is 13.0 Å². The number of nitro benzene ring substituents is 1. The molecule has 0 saturated carbocycles. The Bertz CT molecular complexity index is 392. The molecule has 80 valence electrons. The van der Waals surface area contributed by atoms with Crippen LogP contribution in [0.4, 0.5) is 5.69 Å². The Balaban J connectivity index is 3.20. The van der Waals surface area contributed by atoms with Gasteiger partial charge in [-0.05, 0) is 11.1 Å². The second-order valence-electron chi connectivity index (χ2n) is 3.20. The SMILES string of the molecule is CC(C=O)c1ccc([N+](=O)[O-])cc1CCl. The molecule has 0 heterocycles. The van der Waals surface area contributed by atoms with Gasteiger partial charge in [0, 0.05) is 23.9 Å². The lowest BCUT2D eigenvalue weighted by Crippen LogP contribution is -2.00. The maximum absolute atomic E-state index is 10.6. The third-order valence-corrected chi connectivity index (χ3v) is 2.46. The Labute approximate surface area is 92.0 Å². The molecule has 0 spiro atoms. The van der Waals surface area contributed by atoms with E-state index < -0.39 is 4.92 Å². The summed E-state index contributed by atoms with van der Waals surface area (Å²) in [6.07, 6.45) is 0.789. The average molecular weight is 228 g/mol. The normalized spacial score (nSPS) is 12.1. The molecule has 15 heavy (non-hydrogen) atoms. The number of benzene rings is 1. The fraction of sp³-hybridized carbons (Fsp3) is 0.300. The monoisotopic (exact) mass is 227 g/mol. The van der Waals surface area contributed by atoms with Crippen LogP contribution in [0.3, 0.4) is 0 Å². The lowest BCUT2D eigenvalue weighted by atomic mass is 9.97. The molecule has 4 nitrogen and oxygen atoms in total. The smallest absolute Gasteiger partial charge is 0.269 e. The number of nitro groups is 1. The van der Waals surface area contributed by atoms with E-state index in [1.807, 2.05) is 0 Å². The van der Waals surface area contributed by atoms with Crippen molar-refractivity contribution in [2.75, 3.05) is 0 Å². The minimum atomic E-state index is -0.481. The molecule has 0 N–H and O–H groups in total. The maximum atomic E-state index is 10.6. The maximum Gasteiger partial charge on any atom is 0.269 e. The largest absolute Gasteiger partial charge is 0.303 e. The van der Waals surface area contributed by atoms with Crippen LogP contribution in [0.5, 0.6) is 0 Å². The number of carbonyl (C=O) groups is 1. The molecule has 0 aliphatic rings. The summed E-state index contributed by atoms with van der Waals surface area (Å²) in [7, 11) is 0. The number of hydrogen-bond acceptors (Lipinski definition) is 3. The van der Waals surface area contributed by atoms with E-state index >= 15 is 0 Å². The summed E-state index contributed by atoms with van der Waals surface area (Å²) in [4.78, 5) is 20.6. The third-order valence-electron chi connectivity index (χ3n) is 2.18. The van der Waals surface area contributed by atoms with Crippen molar-refractivity contribution >= 4 is 23.6 Å². The van der Waals surface area contributed by atoms with Crippen LogP contribution in [-0.2, 0) is 10.7 Å². The van der Waals surface area contributed by atoms with Crippen molar-refractivity contribution in [2.24, 2.45) is 0 Å². The summed E-state index contributed by atoms with van der Waals surface area (Å²) >= 11 is 5.67. The van der Waals surface area contributed by atoms with Gasteiger partial charge in [-0.25, -0.2) is 0 Å². The van der Waals surface area contributed by atoms with Gasteiger partial charge in [0.1, 0.15) is 6.29 Å². The highest BCUT2D eigenvalue weighted by molar-refractivity contribution is 6.17. The van der Waals surface area contributed by atoms with Crippen LogP contribution in [0.1, 0.15) is 24.0 Å². The van der Waals surface area contributed by atoms with Gasteiger partial charge in [0.05, 0.1) is 4.92 Å². The van der Waals surface area contributed by atoms with Crippen LogP contribution >= 0.6 is 11.6 Å². The van der Waals surface area contributed by atoms with E-state index in [0.717, 1.165) is 11.8 Å². The van der Waals surface area contributed by atoms with Gasteiger partial charge in [-0.15, -0.1) is 11.6 Å². The van der Waals surface area contributed by atoms with E-state index in [-0.39, 0.29) is 17.5 Å². The Kier molecular flexibility index (Phi) is 3.80. The Morgan fingerprint density at radius 3 is 2.73 bits per heavy atom. The first kappa shape index (κ1) is 11.7. The number of carbonyl (C=O) groups excluding carboxylic acids is 1. The molecule has 0 bridgehead atoms. The van der Waals surface area contributed by atoms with Crippen molar-refractivity contribution in [2.45, 2.75) is 18.7 Å². The van der Waals surface area contributed by atoms with Crippen molar-refractivity contribution < 1.29 is 9.72 Å². The lowest BCUT2D eigenvalue weighted by Gasteiger charge is -2.08. The van der Waals surface area contributed by atoms with E-state index in [4.69, 9.17) is 11.6 Å². The van der Waals surface area contributed by atoms with E-state index in [9.17, 15) is 14.9 Å². The van der Waals surface area contributed by atoms with Crippen molar-refractivity contribution in [3.8, 4) is 0 Å². The Morgan fingerprint density at radius 1 is 1.60 bits per heavy atom. The molecule has 0 aromatic heterocycles. The van der Waals surface area contributed by atoms with Gasteiger partial charge >= 0.3 is 0 Å². The molecule has 0 amide bonds. The van der Waals surface area contributed by atoms with Gasteiger partial charge in [0.25, 0.3) is 5.69 Å². The highest BCUT2D eigenvalue weighted by Crippen LogP contribution is 2.24. The predicted octanol–water partition coefficient (Wildman–Crippen LogP) is 2.64. The van der Waals surface area contributed by atoms with Crippen molar-refractivity contribution in [1.29, 1.82) is 0 Å². The van der Waals surface area contributed by atoms with Gasteiger partial charge < -0.3 is 4.79 Å². The zero-order chi connectivity index (χ0) is 11.4. The van der Waals surface area contributed by atoms with Crippen LogP contribution in [0.15, 0.2) is 18.2 Å². The van der Waals surface area contributed by atoms with E-state index in [1.165, 1.54) is 12.1 Å². The zero-order valence-electron chi connectivity index (χ0n) is 8.14. The number of non-ortho nitro benzene ring substituents is 1. The number of aldehydes is 1. The van der Waals surface area contributed by atoms with E-state index in [2.05, 4.69) is 0 Å². The molecule has 0 saturated heterocycles. The molecule has 0 aliphatic heterocycles. The fourth-order valence-corrected chi connectivity index (χ4v) is 1.57. The summed E-state index contributed by atoms with van der Waals surface area (Å²) in [5, 5.41) is 10.5. The highest BCUT2D eigenvalue weighted by atomic mass is 35.5. The minimum Gasteiger partial charge on any atom is -0.303 e. The fourth-order valence-electron chi connectivity index (χ4n) is 1.34. The topological polar surface area (TPSA) is 60.2 Å². The molecule has 5 heteroatoms. The second kappa shape index (κ2) is 4.89. The lowest BCUT2D eigenvalue weighted by molar-refractivity contribution is -0.384. The summed E-state index contributed by atoms with van der Waals surface area (Å²) in [5.41, 5.74) is 1.36. The van der Waals surface area contributed by atoms with Crippen molar-refractivity contribution in [1.82, 2.24) is 0 Å². The van der Waals surface area contributed by atoms with Crippen molar-refractivity contribution in [3.63, 3.8) is 0 Å². The Hall–Kier alpha value is -1.42. The Morgan fingerprint density at radius 2 is 2.27 bits per heavy atom. The first-order valence-corrected chi connectivity index (χ1v) is 4.92. The van der Waals surface area contributed by atoms with Crippen LogP contribution < -0.4 is 0 Å². The molecular weight excluding hydrogens is 218 g/mol. The first-order valence-electron chi connectivity index (χ1n) is 4.38. The summed E-state index contributed by atoms with van der Waals surface area (Å²) in [6.45, 7) is 1.73. The van der Waals surface area contributed by atoms with E-state index in [0.29, 0.717) is 5.56 Å². The van der Waals surface area contributed by atoms with Crippen LogP contribution in [0.2, 0.25) is 0 Å². The highest BCUT2D eigenvalue weighted by Gasteiger charge is 2.13. The molecule has 1 unspecified atom stereocenters. The third kappa shape index (κ3) is 2.53. The number of rotatable bonds is 4. The molecule has 0 aliphatic carbocycles. The molecular formula is C10H10ClNO3. The predicted molar refractivity (Wildman–Crippen MR) is 57.1 cm³/mol. The molecule has 1 aromatic rings. The van der Waals surface area contributed by atoms with Gasteiger partial charge in [-0.1, -0.05) is 13.0 Å². The second-order valence-corrected chi connectivity index (χ2v) is 3.47. The van der Waals surface area contributed by atoms with Gasteiger partial charge in [0.2, 0.25) is 0 Å². The number of alkyl halides is 1. The molecule has 0 radical (unpaired) electrons. The standard InChI is InChI=1S/C10H10ClNO3/c1-7(6-13)10-3-2-9(12(14)15)4-8(10)5-11/h2-4,6-7H,5H2,1H3. The van der Waals surface area contributed by atoms with Crippen LogP contribution in [0, 0.1) is 10.1 Å². The van der Waals surface area contributed by atoms with Gasteiger partial charge in [0.15, 0.2) is 0 Å². The van der Waals surface area contributed by atoms with Crippen molar-refractivity contribution in [3.05, 3.63) is 39.4 Å². The zero-order valence-corrected chi connectivity index (χ0v) is 8.90. The first-order chi connectivity index (χ1) is 7.10. The molecule has 1 rings (SSSR count). The number of halogens is 1. The summed E-state index contributed by atoms with van der Waals surface area (Å²) in [5.74, 6) is -0.130. The molecule has 1 atom stereocenters. The quantitative estimate of drug-likeness (QED) is 0.344. The van der Waals surface area contributed by atoms with Gasteiger partial charge in [-0.3, -0.25) is 10.1 Å².